The lowest BCUT2D eigenvalue weighted by Crippen LogP contribution is -2.16. The lowest BCUT2D eigenvalue weighted by molar-refractivity contribution is 0.598. The van der Waals surface area contributed by atoms with Crippen molar-refractivity contribution in [2.45, 2.75) is 33.1 Å². The molecular formula is C21H25N5O2S. The first kappa shape index (κ1) is 20.7. The second-order valence-corrected chi connectivity index (χ2v) is 8.48. The van der Waals surface area contributed by atoms with Crippen LogP contribution in [0.25, 0.3) is 11.4 Å². The lowest BCUT2D eigenvalue weighted by Gasteiger charge is -2.11. The quantitative estimate of drug-likeness (QED) is 0.542. The van der Waals surface area contributed by atoms with E-state index in [0.29, 0.717) is 23.8 Å². The fourth-order valence-electron chi connectivity index (χ4n) is 2.71. The second-order valence-electron chi connectivity index (χ2n) is 6.63. The number of hydrogen-bond donors (Lipinski definition) is 2. The first-order valence-electron chi connectivity index (χ1n) is 9.65. The van der Waals surface area contributed by atoms with Crippen molar-refractivity contribution in [1.29, 1.82) is 0 Å². The maximum Gasteiger partial charge on any atom is 0.232 e. The molecule has 1 aromatic carbocycles. The van der Waals surface area contributed by atoms with Crippen LogP contribution in [0.1, 0.15) is 32.4 Å². The molecule has 7 nitrogen and oxygen atoms in total. The van der Waals surface area contributed by atoms with Crippen LogP contribution in [-0.2, 0) is 16.4 Å². The van der Waals surface area contributed by atoms with Crippen LogP contribution in [0, 0.1) is 0 Å². The normalized spacial score (nSPS) is 11.2. The minimum Gasteiger partial charge on any atom is -0.340 e. The third kappa shape index (κ3) is 5.99. The van der Waals surface area contributed by atoms with E-state index >= 15 is 0 Å². The number of aromatic nitrogens is 3. The van der Waals surface area contributed by atoms with Gasteiger partial charge in [-0.15, -0.1) is 0 Å². The predicted molar refractivity (Wildman–Crippen MR) is 117 cm³/mol. The third-order valence-electron chi connectivity index (χ3n) is 4.28. The first-order valence-corrected chi connectivity index (χ1v) is 11.3. The van der Waals surface area contributed by atoms with Gasteiger partial charge in [0.1, 0.15) is 5.82 Å². The molecule has 0 saturated heterocycles. The van der Waals surface area contributed by atoms with E-state index in [9.17, 15) is 8.42 Å². The monoisotopic (exact) mass is 411 g/mol. The number of nitrogens with zero attached hydrogens (tertiary/aromatic N) is 3. The Labute approximate surface area is 171 Å². The predicted octanol–water partition coefficient (Wildman–Crippen LogP) is 4.39. The van der Waals surface area contributed by atoms with Crippen LogP contribution in [0.4, 0.5) is 17.2 Å². The van der Waals surface area contributed by atoms with Crippen LogP contribution >= 0.6 is 0 Å². The Kier molecular flexibility index (Phi) is 6.77. The average molecular weight is 412 g/mol. The summed E-state index contributed by atoms with van der Waals surface area (Å²) in [5, 5.41) is 3.27. The Balaban J connectivity index is 1.76. The largest absolute Gasteiger partial charge is 0.340 e. The number of hydrogen-bond acceptors (Lipinski definition) is 6. The Morgan fingerprint density at radius 2 is 1.62 bits per heavy atom. The summed E-state index contributed by atoms with van der Waals surface area (Å²) < 4.78 is 26.7. The van der Waals surface area contributed by atoms with E-state index in [-0.39, 0.29) is 5.75 Å². The van der Waals surface area contributed by atoms with Gasteiger partial charge in [-0.2, -0.15) is 0 Å². The minimum atomic E-state index is -3.31. The van der Waals surface area contributed by atoms with Gasteiger partial charge in [0.25, 0.3) is 0 Å². The van der Waals surface area contributed by atoms with Crippen molar-refractivity contribution in [1.82, 2.24) is 15.0 Å². The van der Waals surface area contributed by atoms with E-state index in [4.69, 9.17) is 0 Å². The number of nitrogens with one attached hydrogen (secondary N) is 2. The number of aryl methyl sites for hydroxylation is 1. The molecule has 0 aliphatic carbocycles. The van der Waals surface area contributed by atoms with E-state index in [1.807, 2.05) is 44.2 Å². The van der Waals surface area contributed by atoms with E-state index in [2.05, 4.69) is 25.0 Å². The van der Waals surface area contributed by atoms with Gasteiger partial charge >= 0.3 is 0 Å². The van der Waals surface area contributed by atoms with Gasteiger partial charge in [-0.05, 0) is 49.2 Å². The topological polar surface area (TPSA) is 96.9 Å². The number of sulfonamides is 1. The Morgan fingerprint density at radius 1 is 0.931 bits per heavy atom. The van der Waals surface area contributed by atoms with Gasteiger partial charge in [-0.25, -0.2) is 18.4 Å². The number of anilines is 3. The summed E-state index contributed by atoms with van der Waals surface area (Å²) in [6, 6.07) is 12.8. The average Bonchev–Trinajstić information content (AvgIpc) is 2.74. The van der Waals surface area contributed by atoms with E-state index < -0.39 is 10.0 Å². The van der Waals surface area contributed by atoms with Crippen molar-refractivity contribution < 1.29 is 8.42 Å². The first-order chi connectivity index (χ1) is 14.0. The van der Waals surface area contributed by atoms with Crippen LogP contribution in [0.15, 0.2) is 54.9 Å². The second kappa shape index (κ2) is 9.47. The van der Waals surface area contributed by atoms with Gasteiger partial charge in [0.05, 0.1) is 5.75 Å². The smallest absolute Gasteiger partial charge is 0.232 e. The molecule has 0 aliphatic heterocycles. The molecule has 2 aromatic heterocycles. The fourth-order valence-corrected chi connectivity index (χ4v) is 3.97. The SMILES string of the molecule is CCCCS(=O)(=O)Nc1ccc(Nc2cc(CC)nc(-c3ccncc3)n2)cc1. The zero-order valence-corrected chi connectivity index (χ0v) is 17.4. The summed E-state index contributed by atoms with van der Waals surface area (Å²) >= 11 is 0. The van der Waals surface area contributed by atoms with Crippen molar-refractivity contribution in [3.63, 3.8) is 0 Å². The highest BCUT2D eigenvalue weighted by Gasteiger charge is 2.10. The van der Waals surface area contributed by atoms with Gasteiger partial charge in [-0.1, -0.05) is 20.3 Å². The van der Waals surface area contributed by atoms with Crippen LogP contribution in [0.3, 0.4) is 0 Å². The highest BCUT2D eigenvalue weighted by molar-refractivity contribution is 7.92. The van der Waals surface area contributed by atoms with Crippen LogP contribution in [0.5, 0.6) is 0 Å². The Morgan fingerprint density at radius 3 is 2.28 bits per heavy atom. The van der Waals surface area contributed by atoms with E-state index in [0.717, 1.165) is 29.8 Å². The summed E-state index contributed by atoms with van der Waals surface area (Å²) in [6.07, 6.45) is 5.69. The molecule has 8 heteroatoms. The molecule has 0 aliphatic rings. The summed E-state index contributed by atoms with van der Waals surface area (Å²) in [5.74, 6) is 1.44. The molecule has 0 amide bonds. The van der Waals surface area contributed by atoms with Crippen LogP contribution in [0.2, 0.25) is 0 Å². The lowest BCUT2D eigenvalue weighted by atomic mass is 10.2. The molecule has 29 heavy (non-hydrogen) atoms. The highest BCUT2D eigenvalue weighted by Crippen LogP contribution is 2.22. The third-order valence-corrected chi connectivity index (χ3v) is 5.65. The zero-order chi connectivity index (χ0) is 20.7. The maximum absolute atomic E-state index is 12.0. The number of unbranched alkanes of at least 4 members (excludes halogenated alkanes) is 1. The van der Waals surface area contributed by atoms with Gasteiger partial charge in [0.2, 0.25) is 10.0 Å². The van der Waals surface area contributed by atoms with E-state index in [1.54, 1.807) is 24.5 Å². The molecule has 0 spiro atoms. The molecule has 3 rings (SSSR count). The summed E-state index contributed by atoms with van der Waals surface area (Å²) in [4.78, 5) is 13.2. The molecule has 0 unspecified atom stereocenters. The summed E-state index contributed by atoms with van der Waals surface area (Å²) in [7, 11) is -3.31. The molecule has 2 heterocycles. The van der Waals surface area contributed by atoms with E-state index in [1.165, 1.54) is 0 Å². The van der Waals surface area contributed by atoms with Crippen molar-refractivity contribution in [2.75, 3.05) is 15.8 Å². The van der Waals surface area contributed by atoms with Gasteiger partial charge in [0.15, 0.2) is 5.82 Å². The molecular weight excluding hydrogens is 386 g/mol. The zero-order valence-electron chi connectivity index (χ0n) is 16.6. The summed E-state index contributed by atoms with van der Waals surface area (Å²) in [6.45, 7) is 4.01. The Hall–Kier alpha value is -3.00. The van der Waals surface area contributed by atoms with Crippen molar-refractivity contribution >= 4 is 27.2 Å². The molecule has 152 valence electrons. The Bertz CT molecular complexity index is 1040. The molecule has 2 N–H and O–H groups in total. The number of pyridine rings is 1. The van der Waals surface area contributed by atoms with Gasteiger partial charge < -0.3 is 5.32 Å². The minimum absolute atomic E-state index is 0.127. The molecule has 0 bridgehead atoms. The number of rotatable bonds is 9. The van der Waals surface area contributed by atoms with Crippen molar-refractivity contribution in [3.8, 4) is 11.4 Å². The van der Waals surface area contributed by atoms with Gasteiger partial charge in [-0.3, -0.25) is 9.71 Å². The highest BCUT2D eigenvalue weighted by atomic mass is 32.2. The molecule has 0 saturated carbocycles. The number of benzene rings is 1. The fraction of sp³-hybridized carbons (Fsp3) is 0.286. The molecule has 3 aromatic rings. The van der Waals surface area contributed by atoms with Crippen molar-refractivity contribution in [2.24, 2.45) is 0 Å². The maximum atomic E-state index is 12.0. The van der Waals surface area contributed by atoms with Crippen LogP contribution < -0.4 is 10.0 Å². The molecule has 0 fully saturated rings. The standard InChI is InChI=1S/C21H25N5O2S/c1-3-5-14-29(27,28)26-19-8-6-18(7-9-19)23-20-15-17(4-2)24-21(25-20)16-10-12-22-13-11-16/h6-13,15,26H,3-5,14H2,1-2H3,(H,23,24,25). The molecule has 0 radical (unpaired) electrons. The van der Waals surface area contributed by atoms with Crippen molar-refractivity contribution in [3.05, 3.63) is 60.6 Å². The van der Waals surface area contributed by atoms with Gasteiger partial charge in [0, 0.05) is 41.1 Å². The van der Waals surface area contributed by atoms with Crippen LogP contribution in [-0.4, -0.2) is 29.1 Å². The summed E-state index contributed by atoms with van der Waals surface area (Å²) in [5.41, 5.74) is 3.17. The molecule has 0 atom stereocenters.